The Hall–Kier alpha value is -1.61. The molecule has 0 unspecified atom stereocenters. The molecule has 3 aliphatic rings. The predicted octanol–water partition coefficient (Wildman–Crippen LogP) is 2.83. The summed E-state index contributed by atoms with van der Waals surface area (Å²) in [5, 5.41) is 12.7. The molecule has 0 spiro atoms. The van der Waals surface area contributed by atoms with Gasteiger partial charge in [-0.15, -0.1) is 0 Å². The number of amides is 2. The standard InChI is InChI=1S/C22H36N4O2/c23-18-22(11-5-1-2-6-12-22)24-20(27)17-25-15-9-19(10-16-25)21(28)26-13-7-3-4-8-14-26/h19H,1-17H2,(H,24,27). The highest BCUT2D eigenvalue weighted by Crippen LogP contribution is 2.27. The van der Waals surface area contributed by atoms with Crippen molar-refractivity contribution < 1.29 is 9.59 Å². The quantitative estimate of drug-likeness (QED) is 0.752. The summed E-state index contributed by atoms with van der Waals surface area (Å²) in [4.78, 5) is 29.6. The number of nitrogens with one attached hydrogen (secondary N) is 1. The Morgan fingerprint density at radius 1 is 0.893 bits per heavy atom. The van der Waals surface area contributed by atoms with Crippen LogP contribution in [0.5, 0.6) is 0 Å². The van der Waals surface area contributed by atoms with Crippen LogP contribution in [0.2, 0.25) is 0 Å². The molecular formula is C22H36N4O2. The van der Waals surface area contributed by atoms with E-state index in [0.29, 0.717) is 12.5 Å². The van der Waals surface area contributed by atoms with E-state index in [1.54, 1.807) is 0 Å². The number of rotatable bonds is 4. The fourth-order valence-electron chi connectivity index (χ4n) is 4.99. The maximum absolute atomic E-state index is 12.8. The molecule has 6 heteroatoms. The molecule has 2 saturated heterocycles. The van der Waals surface area contributed by atoms with Gasteiger partial charge < -0.3 is 10.2 Å². The number of nitrogens with zero attached hydrogens (tertiary/aromatic N) is 3. The van der Waals surface area contributed by atoms with Gasteiger partial charge in [-0.2, -0.15) is 5.26 Å². The summed E-state index contributed by atoms with van der Waals surface area (Å²) < 4.78 is 0. The molecule has 0 radical (unpaired) electrons. The molecule has 0 atom stereocenters. The van der Waals surface area contributed by atoms with E-state index in [1.807, 2.05) is 0 Å². The van der Waals surface area contributed by atoms with Crippen LogP contribution in [0.25, 0.3) is 0 Å². The van der Waals surface area contributed by atoms with Crippen LogP contribution in [0.4, 0.5) is 0 Å². The van der Waals surface area contributed by atoms with Gasteiger partial charge in [0.05, 0.1) is 12.6 Å². The molecular weight excluding hydrogens is 352 g/mol. The Labute approximate surface area is 169 Å². The molecule has 28 heavy (non-hydrogen) atoms. The molecule has 156 valence electrons. The fraction of sp³-hybridized carbons (Fsp3) is 0.864. The first kappa shape index (κ1) is 21.1. The second-order valence-electron chi connectivity index (χ2n) is 8.95. The molecule has 6 nitrogen and oxygen atoms in total. The van der Waals surface area contributed by atoms with Crippen molar-refractivity contribution in [2.75, 3.05) is 32.7 Å². The smallest absolute Gasteiger partial charge is 0.235 e. The summed E-state index contributed by atoms with van der Waals surface area (Å²) in [5.41, 5.74) is -0.672. The third-order valence-corrected chi connectivity index (χ3v) is 6.77. The number of piperidine rings is 1. The zero-order valence-corrected chi connectivity index (χ0v) is 17.3. The summed E-state index contributed by atoms with van der Waals surface area (Å²) in [6, 6.07) is 2.39. The molecule has 2 aliphatic heterocycles. The summed E-state index contributed by atoms with van der Waals surface area (Å²) >= 11 is 0. The Kier molecular flexibility index (Phi) is 7.73. The van der Waals surface area contributed by atoms with Crippen molar-refractivity contribution in [3.8, 4) is 6.07 Å². The van der Waals surface area contributed by atoms with Crippen LogP contribution in [0.3, 0.4) is 0 Å². The topological polar surface area (TPSA) is 76.4 Å². The summed E-state index contributed by atoms with van der Waals surface area (Å²) in [5.74, 6) is 0.401. The van der Waals surface area contributed by atoms with Gasteiger partial charge in [0, 0.05) is 19.0 Å². The Balaban J connectivity index is 1.44. The van der Waals surface area contributed by atoms with Crippen LogP contribution in [0, 0.1) is 17.2 Å². The first-order chi connectivity index (χ1) is 13.6. The first-order valence-corrected chi connectivity index (χ1v) is 11.4. The van der Waals surface area contributed by atoms with Crippen molar-refractivity contribution in [3.63, 3.8) is 0 Å². The largest absolute Gasteiger partial charge is 0.342 e. The highest BCUT2D eigenvalue weighted by atomic mass is 16.2. The summed E-state index contributed by atoms with van der Waals surface area (Å²) in [7, 11) is 0. The van der Waals surface area contributed by atoms with E-state index in [0.717, 1.165) is 90.4 Å². The number of likely N-dealkylation sites (tertiary alicyclic amines) is 2. The van der Waals surface area contributed by atoms with Crippen LogP contribution < -0.4 is 5.32 Å². The molecule has 1 saturated carbocycles. The Morgan fingerprint density at radius 2 is 1.46 bits per heavy atom. The summed E-state index contributed by atoms with van der Waals surface area (Å²) in [6.45, 7) is 3.75. The number of nitriles is 1. The van der Waals surface area contributed by atoms with Gasteiger partial charge in [0.1, 0.15) is 5.54 Å². The van der Waals surface area contributed by atoms with E-state index in [-0.39, 0.29) is 11.8 Å². The van der Waals surface area contributed by atoms with Gasteiger partial charge in [0.2, 0.25) is 11.8 Å². The Bertz CT molecular complexity index is 562. The van der Waals surface area contributed by atoms with E-state index >= 15 is 0 Å². The molecule has 0 bridgehead atoms. The molecule has 2 heterocycles. The highest BCUT2D eigenvalue weighted by molar-refractivity contribution is 5.80. The van der Waals surface area contributed by atoms with Gasteiger partial charge in [-0.05, 0) is 51.6 Å². The van der Waals surface area contributed by atoms with Crippen molar-refractivity contribution in [1.82, 2.24) is 15.1 Å². The number of carbonyl (C=O) groups excluding carboxylic acids is 2. The second-order valence-corrected chi connectivity index (χ2v) is 8.95. The lowest BCUT2D eigenvalue weighted by Crippen LogP contribution is -2.51. The van der Waals surface area contributed by atoms with Gasteiger partial charge in [-0.3, -0.25) is 14.5 Å². The zero-order valence-electron chi connectivity index (χ0n) is 17.3. The maximum atomic E-state index is 12.8. The van der Waals surface area contributed by atoms with Crippen LogP contribution >= 0.6 is 0 Å². The van der Waals surface area contributed by atoms with Crippen LogP contribution in [-0.2, 0) is 9.59 Å². The molecule has 3 rings (SSSR count). The first-order valence-electron chi connectivity index (χ1n) is 11.4. The van der Waals surface area contributed by atoms with Gasteiger partial charge in [0.15, 0.2) is 0 Å². The van der Waals surface area contributed by atoms with E-state index in [4.69, 9.17) is 0 Å². The number of hydrogen-bond acceptors (Lipinski definition) is 4. The average Bonchev–Trinajstić information content (AvgIpc) is 3.11. The molecule has 3 fully saturated rings. The van der Waals surface area contributed by atoms with Gasteiger partial charge >= 0.3 is 0 Å². The number of carbonyl (C=O) groups is 2. The number of hydrogen-bond donors (Lipinski definition) is 1. The van der Waals surface area contributed by atoms with Crippen LogP contribution in [-0.4, -0.2) is 59.9 Å². The minimum Gasteiger partial charge on any atom is -0.342 e. The van der Waals surface area contributed by atoms with Gasteiger partial charge in [-0.25, -0.2) is 0 Å². The lowest BCUT2D eigenvalue weighted by atomic mass is 9.91. The average molecular weight is 389 g/mol. The third-order valence-electron chi connectivity index (χ3n) is 6.77. The van der Waals surface area contributed by atoms with Crippen molar-refractivity contribution in [3.05, 3.63) is 0 Å². The van der Waals surface area contributed by atoms with Gasteiger partial charge in [0.25, 0.3) is 0 Å². The maximum Gasteiger partial charge on any atom is 0.235 e. The highest BCUT2D eigenvalue weighted by Gasteiger charge is 2.34. The monoisotopic (exact) mass is 388 g/mol. The van der Waals surface area contributed by atoms with Crippen molar-refractivity contribution in [2.45, 2.75) is 82.6 Å². The van der Waals surface area contributed by atoms with Gasteiger partial charge in [-0.1, -0.05) is 38.5 Å². The lowest BCUT2D eigenvalue weighted by Gasteiger charge is -2.34. The van der Waals surface area contributed by atoms with Crippen LogP contribution in [0.1, 0.15) is 77.0 Å². The molecule has 1 aliphatic carbocycles. The fourth-order valence-corrected chi connectivity index (χ4v) is 4.99. The second kappa shape index (κ2) is 10.2. The van der Waals surface area contributed by atoms with Crippen molar-refractivity contribution >= 4 is 11.8 Å². The lowest BCUT2D eigenvalue weighted by molar-refractivity contribution is -0.137. The van der Waals surface area contributed by atoms with E-state index in [9.17, 15) is 14.9 Å². The van der Waals surface area contributed by atoms with Crippen molar-refractivity contribution in [1.29, 1.82) is 5.26 Å². The van der Waals surface area contributed by atoms with Crippen LogP contribution in [0.15, 0.2) is 0 Å². The molecule has 0 aromatic rings. The molecule has 0 aromatic carbocycles. The molecule has 1 N–H and O–H groups in total. The SMILES string of the molecule is N#CC1(NC(=O)CN2CCC(C(=O)N3CCCCCC3)CC2)CCCCCC1. The molecule has 2 amide bonds. The third kappa shape index (κ3) is 5.70. The minimum atomic E-state index is -0.672. The zero-order chi connectivity index (χ0) is 19.8. The van der Waals surface area contributed by atoms with E-state index in [1.165, 1.54) is 12.8 Å². The predicted molar refractivity (Wildman–Crippen MR) is 108 cm³/mol. The summed E-state index contributed by atoms with van der Waals surface area (Å²) in [6.07, 6.45) is 12.3. The molecule has 0 aromatic heterocycles. The van der Waals surface area contributed by atoms with E-state index < -0.39 is 5.54 Å². The minimum absolute atomic E-state index is 0.0410. The Morgan fingerprint density at radius 3 is 2.04 bits per heavy atom. The van der Waals surface area contributed by atoms with E-state index in [2.05, 4.69) is 21.2 Å². The van der Waals surface area contributed by atoms with Crippen molar-refractivity contribution in [2.24, 2.45) is 5.92 Å². The normalized spacial score (nSPS) is 24.6.